The monoisotopic (exact) mass is 696 g/mol. The average molecular weight is 697 g/mol. The van der Waals surface area contributed by atoms with Crippen LogP contribution in [0.3, 0.4) is 0 Å². The van der Waals surface area contributed by atoms with Crippen molar-refractivity contribution in [2.45, 2.75) is 102 Å². The minimum Gasteiger partial charge on any atom is -0.471 e. The predicted molar refractivity (Wildman–Crippen MR) is 188 cm³/mol. The van der Waals surface area contributed by atoms with Crippen LogP contribution >= 0.6 is 0 Å². The number of aromatic nitrogens is 1. The van der Waals surface area contributed by atoms with Crippen LogP contribution in [-0.2, 0) is 23.7 Å². The first-order chi connectivity index (χ1) is 24.4. The van der Waals surface area contributed by atoms with Gasteiger partial charge in [0, 0.05) is 25.2 Å². The fourth-order valence-electron chi connectivity index (χ4n) is 9.70. The normalized spacial score (nSPS) is 33.9. The van der Waals surface area contributed by atoms with E-state index in [2.05, 4.69) is 24.9 Å². The summed E-state index contributed by atoms with van der Waals surface area (Å²) >= 11 is 0. The minimum atomic E-state index is -1.25. The van der Waals surface area contributed by atoms with Crippen molar-refractivity contribution in [2.24, 2.45) is 17.3 Å². The first-order valence-electron chi connectivity index (χ1n) is 18.1. The van der Waals surface area contributed by atoms with Crippen LogP contribution in [0.2, 0.25) is 0 Å². The topological polar surface area (TPSA) is 113 Å². The lowest BCUT2D eigenvalue weighted by Gasteiger charge is -2.62. The highest BCUT2D eigenvalue weighted by atomic mass is 16.6. The molecule has 2 bridgehead atoms. The highest BCUT2D eigenvalue weighted by Crippen LogP contribution is 2.68. The summed E-state index contributed by atoms with van der Waals surface area (Å²) in [6, 6.07) is 21.8. The van der Waals surface area contributed by atoms with Crippen molar-refractivity contribution in [1.29, 1.82) is 0 Å². The summed E-state index contributed by atoms with van der Waals surface area (Å²) in [4.78, 5) is 47.9. The zero-order chi connectivity index (χ0) is 36.1. The number of likely N-dealkylation sites (tertiary alicyclic amines) is 1. The summed E-state index contributed by atoms with van der Waals surface area (Å²) in [5, 5.41) is 0. The van der Waals surface area contributed by atoms with E-state index in [9.17, 15) is 14.4 Å². The van der Waals surface area contributed by atoms with E-state index < -0.39 is 64.9 Å². The van der Waals surface area contributed by atoms with Crippen molar-refractivity contribution in [3.63, 3.8) is 0 Å². The van der Waals surface area contributed by atoms with Crippen LogP contribution in [0.1, 0.15) is 92.6 Å². The molecule has 4 fully saturated rings. The first-order valence-corrected chi connectivity index (χ1v) is 18.1. The predicted octanol–water partition coefficient (Wildman–Crippen LogP) is 6.59. The van der Waals surface area contributed by atoms with Gasteiger partial charge < -0.3 is 23.7 Å². The van der Waals surface area contributed by atoms with Gasteiger partial charge in [0.25, 0.3) is 0 Å². The average Bonchev–Trinajstić information content (AvgIpc) is 3.63. The van der Waals surface area contributed by atoms with Crippen LogP contribution < -0.4 is 4.74 Å². The lowest BCUT2D eigenvalue weighted by molar-refractivity contribution is -0.290. The molecular weight excluding hydrogens is 648 g/mol. The SMILES string of the molecule is CC(=O)O[C@@H]1[C@@H]2[C@@H](Oc3ccc(C4CCCN4C)cn3)[C@]3(OC2(C)C)[C@H](C)CC[C@H](OC(=O)c2ccccc2)[C@@]3(C)[C@@H]1OC(=O)c1ccccc1. The number of benzene rings is 2. The molecule has 10 nitrogen and oxygen atoms in total. The van der Waals surface area contributed by atoms with Crippen LogP contribution in [0.15, 0.2) is 79.0 Å². The summed E-state index contributed by atoms with van der Waals surface area (Å²) in [5.74, 6) is -1.94. The number of pyridine rings is 1. The van der Waals surface area contributed by atoms with Crippen molar-refractivity contribution in [3.8, 4) is 5.88 Å². The molecule has 2 aliphatic carbocycles. The molecule has 4 aliphatic rings. The largest absolute Gasteiger partial charge is 0.471 e. The van der Waals surface area contributed by atoms with Gasteiger partial charge in [-0.15, -0.1) is 0 Å². The number of ether oxygens (including phenoxy) is 5. The lowest BCUT2D eigenvalue weighted by Crippen LogP contribution is -2.77. The summed E-state index contributed by atoms with van der Waals surface area (Å²) in [7, 11) is 2.13. The molecule has 1 aromatic heterocycles. The maximum Gasteiger partial charge on any atom is 0.338 e. The lowest BCUT2D eigenvalue weighted by atomic mass is 9.48. The number of hydrogen-bond donors (Lipinski definition) is 0. The number of hydrogen-bond acceptors (Lipinski definition) is 10. The third-order valence-corrected chi connectivity index (χ3v) is 12.0. The van der Waals surface area contributed by atoms with Crippen molar-refractivity contribution in [3.05, 3.63) is 95.7 Å². The van der Waals surface area contributed by atoms with Gasteiger partial charge in [0.15, 0.2) is 6.10 Å². The second-order valence-corrected chi connectivity index (χ2v) is 15.4. The van der Waals surface area contributed by atoms with Gasteiger partial charge in [0.2, 0.25) is 5.88 Å². The Balaban J connectivity index is 1.36. The quantitative estimate of drug-likeness (QED) is 0.189. The van der Waals surface area contributed by atoms with E-state index in [1.165, 1.54) is 6.92 Å². The molecule has 0 amide bonds. The molecule has 1 spiro atoms. The molecule has 3 heterocycles. The maximum absolute atomic E-state index is 14.0. The van der Waals surface area contributed by atoms with Crippen molar-refractivity contribution in [1.82, 2.24) is 9.88 Å². The number of carbonyl (C=O) groups is 3. The second-order valence-electron chi connectivity index (χ2n) is 15.4. The van der Waals surface area contributed by atoms with E-state index in [-0.39, 0.29) is 5.92 Å². The number of fused-ring (bicyclic) bond motifs is 1. The van der Waals surface area contributed by atoms with Gasteiger partial charge in [-0.25, -0.2) is 14.6 Å². The molecule has 0 radical (unpaired) electrons. The number of esters is 3. The molecule has 2 aliphatic heterocycles. The molecule has 10 heteroatoms. The standard InChI is InChI=1S/C41H48N2O8/c1-25-19-21-31(48-37(45)27-14-9-7-10-15-27)40(5)36(50-38(46)28-16-11-8-12-17-28)34(47-26(2)44)33-35(41(25,40)51-39(33,3)4)49-32-22-20-29(24-42-32)30-18-13-23-43(30)6/h7-12,14-17,20,22,24-25,30-31,33-36H,13,18-19,21,23H2,1-6H3/t25-,30?,31+,33-,34-,35-,36-,40+,41-/m1/s1. The van der Waals surface area contributed by atoms with Gasteiger partial charge in [-0.2, -0.15) is 0 Å². The second kappa shape index (κ2) is 13.4. The van der Waals surface area contributed by atoms with Gasteiger partial charge >= 0.3 is 17.9 Å². The summed E-state index contributed by atoms with van der Waals surface area (Å²) in [6.45, 7) is 10.3. The van der Waals surface area contributed by atoms with E-state index in [1.807, 2.05) is 45.2 Å². The summed E-state index contributed by atoms with van der Waals surface area (Å²) in [6.07, 6.45) is 1.60. The zero-order valence-electron chi connectivity index (χ0n) is 30.2. The van der Waals surface area contributed by atoms with E-state index in [4.69, 9.17) is 28.7 Å². The Kier molecular flexibility index (Phi) is 9.21. The van der Waals surface area contributed by atoms with E-state index >= 15 is 0 Å². The maximum atomic E-state index is 14.0. The number of carbonyl (C=O) groups excluding carboxylic acids is 3. The Labute approximate surface area is 299 Å². The van der Waals surface area contributed by atoms with Crippen LogP contribution in [-0.4, -0.2) is 77.0 Å². The third-order valence-electron chi connectivity index (χ3n) is 12.0. The number of nitrogens with zero attached hydrogens (tertiary/aromatic N) is 2. The van der Waals surface area contributed by atoms with Crippen molar-refractivity contribution >= 4 is 17.9 Å². The van der Waals surface area contributed by atoms with Gasteiger partial charge in [0.05, 0.1) is 28.1 Å². The van der Waals surface area contributed by atoms with Crippen LogP contribution in [0, 0.1) is 17.3 Å². The molecule has 9 atom stereocenters. The smallest absolute Gasteiger partial charge is 0.338 e. The van der Waals surface area contributed by atoms with E-state index in [0.717, 1.165) is 24.9 Å². The van der Waals surface area contributed by atoms with Crippen LogP contribution in [0.4, 0.5) is 0 Å². The highest BCUT2D eigenvalue weighted by Gasteiger charge is 2.82. The fraction of sp³-hybridized carbons (Fsp3) is 0.512. The molecule has 270 valence electrons. The fourth-order valence-corrected chi connectivity index (χ4v) is 9.70. The summed E-state index contributed by atoms with van der Waals surface area (Å²) < 4.78 is 33.4. The minimum absolute atomic E-state index is 0.147. The Morgan fingerprint density at radius 3 is 2.04 bits per heavy atom. The summed E-state index contributed by atoms with van der Waals surface area (Å²) in [5.41, 5.74) is -1.47. The Morgan fingerprint density at radius 1 is 0.824 bits per heavy atom. The van der Waals surface area contributed by atoms with Crippen LogP contribution in [0.5, 0.6) is 5.88 Å². The molecule has 1 unspecified atom stereocenters. The number of rotatable bonds is 8. The Hall–Kier alpha value is -4.28. The molecule has 2 saturated carbocycles. The first kappa shape index (κ1) is 35.1. The van der Waals surface area contributed by atoms with Gasteiger partial charge in [-0.05, 0) is 95.8 Å². The van der Waals surface area contributed by atoms with E-state index in [1.54, 1.807) is 48.5 Å². The van der Waals surface area contributed by atoms with Crippen molar-refractivity contribution < 1.29 is 38.1 Å². The van der Waals surface area contributed by atoms with Crippen LogP contribution in [0.25, 0.3) is 0 Å². The molecule has 3 aromatic rings. The zero-order valence-corrected chi connectivity index (χ0v) is 30.2. The van der Waals surface area contributed by atoms with E-state index in [0.29, 0.717) is 35.9 Å². The molecule has 2 aromatic carbocycles. The molecule has 7 rings (SSSR count). The van der Waals surface area contributed by atoms with Gasteiger partial charge in [-0.3, -0.25) is 9.69 Å². The molecule has 0 N–H and O–H groups in total. The Morgan fingerprint density at radius 2 is 1.47 bits per heavy atom. The molecule has 2 saturated heterocycles. The Bertz CT molecular complexity index is 1750. The van der Waals surface area contributed by atoms with Crippen molar-refractivity contribution in [2.75, 3.05) is 13.6 Å². The molecule has 51 heavy (non-hydrogen) atoms. The highest BCUT2D eigenvalue weighted by molar-refractivity contribution is 5.90. The van der Waals surface area contributed by atoms with Gasteiger partial charge in [-0.1, -0.05) is 49.4 Å². The van der Waals surface area contributed by atoms with Gasteiger partial charge in [0.1, 0.15) is 23.9 Å². The molecular formula is C41H48N2O8. The third kappa shape index (κ3) is 5.90.